The van der Waals surface area contributed by atoms with Crippen LogP contribution in [0.5, 0.6) is 5.75 Å². The van der Waals surface area contributed by atoms with Crippen LogP contribution in [0.1, 0.15) is 29.2 Å². The highest BCUT2D eigenvalue weighted by Gasteiger charge is 2.27. The number of carbonyl (C=O) groups is 1. The molecule has 1 N–H and O–H groups in total. The van der Waals surface area contributed by atoms with Crippen LogP contribution in [-0.2, 0) is 21.4 Å². The fraction of sp³-hybridized carbons (Fsp3) is 0.269. The molecule has 0 aliphatic rings. The summed E-state index contributed by atoms with van der Waals surface area (Å²) in [6.07, 6.45) is 0. The van der Waals surface area contributed by atoms with Crippen molar-refractivity contribution in [3.8, 4) is 5.75 Å². The number of amides is 1. The lowest BCUT2D eigenvalue weighted by Gasteiger charge is -2.25. The van der Waals surface area contributed by atoms with Gasteiger partial charge in [-0.05, 0) is 69.2 Å². The third-order valence-corrected chi connectivity index (χ3v) is 7.21. The molecular weight excluding hydrogens is 436 g/mol. The molecule has 3 aromatic carbocycles. The summed E-state index contributed by atoms with van der Waals surface area (Å²) in [5, 5.41) is 2.83. The Morgan fingerprint density at radius 2 is 1.64 bits per heavy atom. The maximum atomic E-state index is 13.5. The molecule has 33 heavy (non-hydrogen) atoms. The monoisotopic (exact) mass is 466 g/mol. The second-order valence-corrected chi connectivity index (χ2v) is 9.77. The van der Waals surface area contributed by atoms with Gasteiger partial charge < -0.3 is 10.1 Å². The van der Waals surface area contributed by atoms with Crippen LogP contribution >= 0.6 is 0 Å². The molecule has 0 unspecified atom stereocenters. The van der Waals surface area contributed by atoms with E-state index in [1.54, 1.807) is 36.4 Å². The number of anilines is 1. The number of hydrogen-bond donors (Lipinski definition) is 1. The Labute approximate surface area is 196 Å². The molecule has 0 aliphatic heterocycles. The maximum Gasteiger partial charge on any atom is 0.264 e. The highest BCUT2D eigenvalue weighted by molar-refractivity contribution is 7.92. The quantitative estimate of drug-likeness (QED) is 0.503. The van der Waals surface area contributed by atoms with Gasteiger partial charge in [-0.25, -0.2) is 8.42 Å². The van der Waals surface area contributed by atoms with Gasteiger partial charge in [-0.15, -0.1) is 0 Å². The van der Waals surface area contributed by atoms with E-state index in [0.717, 1.165) is 26.6 Å². The summed E-state index contributed by atoms with van der Waals surface area (Å²) >= 11 is 0. The number of benzene rings is 3. The first-order valence-electron chi connectivity index (χ1n) is 10.9. The van der Waals surface area contributed by atoms with Gasteiger partial charge in [0.15, 0.2) is 0 Å². The predicted octanol–water partition coefficient (Wildman–Crippen LogP) is 4.52. The van der Waals surface area contributed by atoms with Crippen molar-refractivity contribution in [2.75, 3.05) is 17.5 Å². The van der Waals surface area contributed by atoms with Crippen LogP contribution in [0.3, 0.4) is 0 Å². The third kappa shape index (κ3) is 5.93. The van der Waals surface area contributed by atoms with Crippen LogP contribution < -0.4 is 14.4 Å². The van der Waals surface area contributed by atoms with Gasteiger partial charge in [0.05, 0.1) is 17.2 Å². The molecule has 0 saturated carbocycles. The molecule has 0 heterocycles. The van der Waals surface area contributed by atoms with E-state index in [0.29, 0.717) is 18.0 Å². The molecule has 174 valence electrons. The van der Waals surface area contributed by atoms with Gasteiger partial charge in [0.1, 0.15) is 12.3 Å². The summed E-state index contributed by atoms with van der Waals surface area (Å²) in [7, 11) is -3.95. The van der Waals surface area contributed by atoms with E-state index in [2.05, 4.69) is 5.32 Å². The number of ether oxygens (including phenoxy) is 1. The van der Waals surface area contributed by atoms with Gasteiger partial charge in [0.2, 0.25) is 5.91 Å². The van der Waals surface area contributed by atoms with Crippen molar-refractivity contribution >= 4 is 21.6 Å². The van der Waals surface area contributed by atoms with Gasteiger partial charge in [0, 0.05) is 12.1 Å². The Hall–Kier alpha value is -3.32. The first-order chi connectivity index (χ1) is 15.7. The van der Waals surface area contributed by atoms with E-state index < -0.39 is 15.9 Å². The summed E-state index contributed by atoms with van der Waals surface area (Å²) < 4.78 is 33.8. The van der Waals surface area contributed by atoms with Crippen molar-refractivity contribution in [2.24, 2.45) is 0 Å². The van der Waals surface area contributed by atoms with E-state index in [-0.39, 0.29) is 18.0 Å². The number of hydrogen-bond acceptors (Lipinski definition) is 4. The molecule has 1 amide bonds. The first kappa shape index (κ1) is 24.3. The van der Waals surface area contributed by atoms with Crippen LogP contribution in [0.15, 0.2) is 71.6 Å². The topological polar surface area (TPSA) is 75.7 Å². The molecule has 6 nitrogen and oxygen atoms in total. The number of aryl methyl sites for hydroxylation is 3. The molecule has 0 radical (unpaired) electrons. The molecule has 3 aromatic rings. The molecule has 0 aliphatic carbocycles. The minimum Gasteiger partial charge on any atom is -0.494 e. The fourth-order valence-corrected chi connectivity index (χ4v) is 4.77. The summed E-state index contributed by atoms with van der Waals surface area (Å²) in [5.41, 5.74) is 4.22. The SMILES string of the molecule is CCOc1ccccc1CNC(=O)CN(c1ccc(C)c(C)c1)S(=O)(=O)c1ccc(C)cc1. The van der Waals surface area contributed by atoms with Gasteiger partial charge >= 0.3 is 0 Å². The highest BCUT2D eigenvalue weighted by Crippen LogP contribution is 2.26. The highest BCUT2D eigenvalue weighted by atomic mass is 32.2. The van der Waals surface area contributed by atoms with Crippen molar-refractivity contribution in [3.05, 3.63) is 89.0 Å². The Balaban J connectivity index is 1.87. The summed E-state index contributed by atoms with van der Waals surface area (Å²) in [5.74, 6) is 0.286. The lowest BCUT2D eigenvalue weighted by atomic mass is 10.1. The largest absolute Gasteiger partial charge is 0.494 e. The summed E-state index contributed by atoms with van der Waals surface area (Å²) in [6.45, 7) is 8.08. The minimum absolute atomic E-state index is 0.140. The zero-order valence-electron chi connectivity index (χ0n) is 19.5. The van der Waals surface area contributed by atoms with E-state index in [9.17, 15) is 13.2 Å². The molecule has 7 heteroatoms. The van der Waals surface area contributed by atoms with Crippen LogP contribution in [0, 0.1) is 20.8 Å². The average Bonchev–Trinajstić information content (AvgIpc) is 2.79. The van der Waals surface area contributed by atoms with E-state index in [1.807, 2.05) is 58.0 Å². The maximum absolute atomic E-state index is 13.5. The lowest BCUT2D eigenvalue weighted by molar-refractivity contribution is -0.119. The number of rotatable bonds is 9. The molecule has 3 rings (SSSR count). The van der Waals surface area contributed by atoms with Crippen LogP contribution in [-0.4, -0.2) is 27.5 Å². The summed E-state index contributed by atoms with van der Waals surface area (Å²) in [4.78, 5) is 13.0. The normalized spacial score (nSPS) is 11.2. The van der Waals surface area contributed by atoms with Crippen molar-refractivity contribution in [1.82, 2.24) is 5.32 Å². The molecule has 0 saturated heterocycles. The Kier molecular flexibility index (Phi) is 7.76. The summed E-state index contributed by atoms with van der Waals surface area (Å²) in [6, 6.07) is 19.4. The van der Waals surface area contributed by atoms with Gasteiger partial charge in [-0.3, -0.25) is 9.10 Å². The lowest BCUT2D eigenvalue weighted by Crippen LogP contribution is -2.40. The third-order valence-electron chi connectivity index (χ3n) is 5.42. The minimum atomic E-state index is -3.95. The number of nitrogens with one attached hydrogen (secondary N) is 1. The average molecular weight is 467 g/mol. The van der Waals surface area contributed by atoms with Crippen molar-refractivity contribution in [2.45, 2.75) is 39.1 Å². The molecular formula is C26H30N2O4S. The van der Waals surface area contributed by atoms with Crippen molar-refractivity contribution in [3.63, 3.8) is 0 Å². The van der Waals surface area contributed by atoms with Crippen LogP contribution in [0.25, 0.3) is 0 Å². The number of carbonyl (C=O) groups excluding carboxylic acids is 1. The first-order valence-corrected chi connectivity index (χ1v) is 12.3. The predicted molar refractivity (Wildman–Crippen MR) is 131 cm³/mol. The van der Waals surface area contributed by atoms with Crippen LogP contribution in [0.2, 0.25) is 0 Å². The van der Waals surface area contributed by atoms with E-state index in [4.69, 9.17) is 4.74 Å². The zero-order valence-corrected chi connectivity index (χ0v) is 20.3. The van der Waals surface area contributed by atoms with Gasteiger partial charge in [-0.2, -0.15) is 0 Å². The van der Waals surface area contributed by atoms with E-state index >= 15 is 0 Å². The molecule has 0 spiro atoms. The second kappa shape index (κ2) is 10.5. The number of sulfonamides is 1. The van der Waals surface area contributed by atoms with Crippen molar-refractivity contribution in [1.29, 1.82) is 0 Å². The Morgan fingerprint density at radius 1 is 0.939 bits per heavy atom. The number of nitrogens with zero attached hydrogens (tertiary/aromatic N) is 1. The van der Waals surface area contributed by atoms with E-state index in [1.165, 1.54) is 0 Å². The Morgan fingerprint density at radius 3 is 2.30 bits per heavy atom. The molecule has 0 fully saturated rings. The smallest absolute Gasteiger partial charge is 0.264 e. The van der Waals surface area contributed by atoms with Gasteiger partial charge in [-0.1, -0.05) is 42.0 Å². The van der Waals surface area contributed by atoms with Gasteiger partial charge in [0.25, 0.3) is 10.0 Å². The zero-order chi connectivity index (χ0) is 24.0. The fourth-order valence-electron chi connectivity index (χ4n) is 3.36. The molecule has 0 atom stereocenters. The van der Waals surface area contributed by atoms with Crippen molar-refractivity contribution < 1.29 is 17.9 Å². The van der Waals surface area contributed by atoms with Crippen LogP contribution in [0.4, 0.5) is 5.69 Å². The number of para-hydroxylation sites is 1. The molecule has 0 bridgehead atoms. The molecule has 0 aromatic heterocycles. The Bertz CT molecular complexity index is 1220. The standard InChI is InChI=1S/C26H30N2O4S/c1-5-32-25-9-7-6-8-22(25)17-27-26(29)18-28(23-13-12-20(3)21(4)16-23)33(30,31)24-14-10-19(2)11-15-24/h6-16H,5,17-18H2,1-4H3,(H,27,29). The second-order valence-electron chi connectivity index (χ2n) is 7.91.